The molecule has 0 saturated heterocycles. The van der Waals surface area contributed by atoms with Gasteiger partial charge in [-0.15, -0.1) is 0 Å². The van der Waals surface area contributed by atoms with Crippen molar-refractivity contribution in [2.24, 2.45) is 0 Å². The van der Waals surface area contributed by atoms with Crippen LogP contribution in [0.25, 0.3) is 11.0 Å². The molecule has 0 amide bonds. The topological polar surface area (TPSA) is 29.9 Å². The predicted molar refractivity (Wildman–Crippen MR) is 114 cm³/mol. The molecule has 0 bridgehead atoms. The Morgan fingerprint density at radius 1 is 0.963 bits per heavy atom. The Balaban J connectivity index is 1.67. The maximum atomic E-state index is 4.89. The minimum Gasteiger partial charge on any atom is -0.349 e. The fourth-order valence-corrected chi connectivity index (χ4v) is 4.35. The first kappa shape index (κ1) is 16.6. The van der Waals surface area contributed by atoms with Gasteiger partial charge in [-0.25, -0.2) is 4.98 Å². The number of halogens is 1. The highest BCUT2D eigenvalue weighted by Gasteiger charge is 2.30. The van der Waals surface area contributed by atoms with Crippen molar-refractivity contribution in [3.8, 4) is 0 Å². The number of benzene rings is 3. The summed E-state index contributed by atoms with van der Waals surface area (Å²) in [6.45, 7) is 2.16. The molecule has 27 heavy (non-hydrogen) atoms. The van der Waals surface area contributed by atoms with Gasteiger partial charge in [-0.3, -0.25) is 0 Å². The summed E-state index contributed by atoms with van der Waals surface area (Å²) >= 11 is 3.54. The number of nitrogens with zero attached hydrogens (tertiary/aromatic N) is 2. The van der Waals surface area contributed by atoms with Crippen molar-refractivity contribution in [3.63, 3.8) is 0 Å². The zero-order valence-electron chi connectivity index (χ0n) is 15.1. The Bertz CT molecular complexity index is 1110. The molecule has 0 saturated carbocycles. The lowest BCUT2D eigenvalue weighted by Gasteiger charge is -2.33. The van der Waals surface area contributed by atoms with Gasteiger partial charge in [0.25, 0.3) is 0 Å². The lowest BCUT2D eigenvalue weighted by atomic mass is 9.92. The number of para-hydroxylation sites is 2. The van der Waals surface area contributed by atoms with Gasteiger partial charge in [-0.1, -0.05) is 70.0 Å². The third-order valence-corrected chi connectivity index (χ3v) is 5.90. The average Bonchev–Trinajstić information content (AvgIpc) is 3.06. The molecule has 0 spiro atoms. The minimum absolute atomic E-state index is 0.230. The van der Waals surface area contributed by atoms with Crippen molar-refractivity contribution in [2.75, 3.05) is 5.32 Å². The molecule has 2 heterocycles. The van der Waals surface area contributed by atoms with E-state index < -0.39 is 0 Å². The van der Waals surface area contributed by atoms with Gasteiger partial charge in [0.05, 0.1) is 23.1 Å². The van der Waals surface area contributed by atoms with E-state index in [2.05, 4.69) is 106 Å². The number of hydrogen-bond acceptors (Lipinski definition) is 2. The quantitative estimate of drug-likeness (QED) is 0.417. The Morgan fingerprint density at radius 2 is 1.78 bits per heavy atom. The van der Waals surface area contributed by atoms with E-state index in [9.17, 15) is 0 Å². The van der Waals surface area contributed by atoms with Gasteiger partial charge in [-0.05, 0) is 48.7 Å². The second kappa shape index (κ2) is 6.54. The summed E-state index contributed by atoms with van der Waals surface area (Å²) in [5, 5.41) is 3.67. The SMILES string of the molecule is Cc1cccc([C@@H]2C[C@H](c3ccc(Br)cc3)Nc3nc4ccccc4n32)c1. The van der Waals surface area contributed by atoms with Gasteiger partial charge < -0.3 is 9.88 Å². The Labute approximate surface area is 167 Å². The first-order chi connectivity index (χ1) is 13.2. The molecular weight excluding hydrogens is 398 g/mol. The monoisotopic (exact) mass is 417 g/mol. The normalized spacial score (nSPS) is 18.9. The molecule has 1 aliphatic heterocycles. The van der Waals surface area contributed by atoms with Gasteiger partial charge in [0.2, 0.25) is 5.95 Å². The highest BCUT2D eigenvalue weighted by atomic mass is 79.9. The van der Waals surface area contributed by atoms with E-state index in [1.54, 1.807) is 0 Å². The highest BCUT2D eigenvalue weighted by Crippen LogP contribution is 2.41. The Kier molecular flexibility index (Phi) is 4.01. The molecule has 2 atom stereocenters. The summed E-state index contributed by atoms with van der Waals surface area (Å²) in [6, 6.07) is 26.3. The first-order valence-electron chi connectivity index (χ1n) is 9.24. The molecule has 0 radical (unpaired) electrons. The van der Waals surface area contributed by atoms with Crippen molar-refractivity contribution in [1.82, 2.24) is 9.55 Å². The largest absolute Gasteiger partial charge is 0.349 e. The fraction of sp³-hybridized carbons (Fsp3) is 0.174. The maximum Gasteiger partial charge on any atom is 0.204 e. The van der Waals surface area contributed by atoms with Crippen molar-refractivity contribution in [1.29, 1.82) is 0 Å². The van der Waals surface area contributed by atoms with Crippen LogP contribution in [-0.4, -0.2) is 9.55 Å². The number of aromatic nitrogens is 2. The molecule has 0 unspecified atom stereocenters. The first-order valence-corrected chi connectivity index (χ1v) is 10.0. The average molecular weight is 418 g/mol. The summed E-state index contributed by atoms with van der Waals surface area (Å²) in [5.74, 6) is 0.946. The summed E-state index contributed by atoms with van der Waals surface area (Å²) < 4.78 is 3.46. The molecular formula is C23H20BrN3. The third kappa shape index (κ3) is 2.94. The summed E-state index contributed by atoms with van der Waals surface area (Å²) in [6.07, 6.45) is 0.985. The highest BCUT2D eigenvalue weighted by molar-refractivity contribution is 9.10. The summed E-state index contributed by atoms with van der Waals surface area (Å²) in [7, 11) is 0. The maximum absolute atomic E-state index is 4.89. The number of aryl methyl sites for hydroxylation is 1. The van der Waals surface area contributed by atoms with Crippen LogP contribution in [-0.2, 0) is 0 Å². The predicted octanol–water partition coefficient (Wildman–Crippen LogP) is 6.25. The number of hydrogen-bond donors (Lipinski definition) is 1. The minimum atomic E-state index is 0.230. The van der Waals surface area contributed by atoms with Crippen molar-refractivity contribution < 1.29 is 0 Å². The Morgan fingerprint density at radius 3 is 2.59 bits per heavy atom. The van der Waals surface area contributed by atoms with Crippen molar-refractivity contribution >= 4 is 32.9 Å². The van der Waals surface area contributed by atoms with Gasteiger partial charge in [0.1, 0.15) is 0 Å². The molecule has 3 aromatic carbocycles. The van der Waals surface area contributed by atoms with Crippen LogP contribution in [0.1, 0.15) is 35.2 Å². The van der Waals surface area contributed by atoms with E-state index >= 15 is 0 Å². The molecule has 1 aliphatic rings. The van der Waals surface area contributed by atoms with Crippen LogP contribution in [0.4, 0.5) is 5.95 Å². The van der Waals surface area contributed by atoms with Crippen LogP contribution in [0.5, 0.6) is 0 Å². The van der Waals surface area contributed by atoms with Gasteiger partial charge in [0, 0.05) is 4.47 Å². The van der Waals surface area contributed by atoms with Crippen LogP contribution in [0.15, 0.2) is 77.3 Å². The third-order valence-electron chi connectivity index (χ3n) is 5.37. The van der Waals surface area contributed by atoms with Gasteiger partial charge in [-0.2, -0.15) is 0 Å². The van der Waals surface area contributed by atoms with E-state index in [1.165, 1.54) is 22.2 Å². The second-order valence-electron chi connectivity index (χ2n) is 7.21. The van der Waals surface area contributed by atoms with E-state index in [1.807, 2.05) is 0 Å². The van der Waals surface area contributed by atoms with E-state index in [0.717, 1.165) is 22.4 Å². The van der Waals surface area contributed by atoms with E-state index in [4.69, 9.17) is 4.98 Å². The Hall–Kier alpha value is -2.59. The molecule has 4 heteroatoms. The molecule has 5 rings (SSSR count). The molecule has 1 N–H and O–H groups in total. The standard InChI is InChI=1S/C23H20BrN3/c1-15-5-4-6-17(13-15)22-14-20(16-9-11-18(24)12-10-16)26-23-25-19-7-2-3-8-21(19)27(22)23/h2-13,20,22H,14H2,1H3,(H,25,26)/t20-,22+/m1/s1. The summed E-state index contributed by atoms with van der Waals surface area (Å²) in [4.78, 5) is 4.89. The van der Waals surface area contributed by atoms with Crippen LogP contribution in [0.2, 0.25) is 0 Å². The van der Waals surface area contributed by atoms with Gasteiger partial charge >= 0.3 is 0 Å². The molecule has 0 fully saturated rings. The van der Waals surface area contributed by atoms with E-state index in [0.29, 0.717) is 0 Å². The lowest BCUT2D eigenvalue weighted by molar-refractivity contribution is 0.477. The number of imidazole rings is 1. The zero-order valence-corrected chi connectivity index (χ0v) is 16.6. The molecule has 134 valence electrons. The summed E-state index contributed by atoms with van der Waals surface area (Å²) in [5.41, 5.74) is 6.13. The zero-order chi connectivity index (χ0) is 18.4. The van der Waals surface area contributed by atoms with Gasteiger partial charge in [0.15, 0.2) is 0 Å². The molecule has 0 aliphatic carbocycles. The van der Waals surface area contributed by atoms with Crippen molar-refractivity contribution in [3.05, 3.63) is 94.0 Å². The number of nitrogens with one attached hydrogen (secondary N) is 1. The number of fused-ring (bicyclic) bond motifs is 3. The number of anilines is 1. The lowest BCUT2D eigenvalue weighted by Crippen LogP contribution is -2.27. The smallest absolute Gasteiger partial charge is 0.204 e. The molecule has 4 aromatic rings. The van der Waals surface area contributed by atoms with Crippen molar-refractivity contribution in [2.45, 2.75) is 25.4 Å². The molecule has 3 nitrogen and oxygen atoms in total. The van der Waals surface area contributed by atoms with Crippen LogP contribution >= 0.6 is 15.9 Å². The van der Waals surface area contributed by atoms with Crippen LogP contribution < -0.4 is 5.32 Å². The van der Waals surface area contributed by atoms with Crippen LogP contribution in [0, 0.1) is 6.92 Å². The number of rotatable bonds is 2. The second-order valence-corrected chi connectivity index (χ2v) is 8.12. The molecule has 1 aromatic heterocycles. The van der Waals surface area contributed by atoms with E-state index in [-0.39, 0.29) is 12.1 Å². The van der Waals surface area contributed by atoms with Crippen LogP contribution in [0.3, 0.4) is 0 Å². The fourth-order valence-electron chi connectivity index (χ4n) is 4.08.